The van der Waals surface area contributed by atoms with Crippen LogP contribution < -0.4 is 11.1 Å². The van der Waals surface area contributed by atoms with E-state index in [0.717, 1.165) is 29.2 Å². The number of aryl methyl sites for hydroxylation is 2. The zero-order valence-electron chi connectivity index (χ0n) is 9.57. The Kier molecular flexibility index (Phi) is 2.81. The smallest absolute Gasteiger partial charge is 0.0856 e. The van der Waals surface area contributed by atoms with Crippen LogP contribution in [0.15, 0.2) is 30.5 Å². The summed E-state index contributed by atoms with van der Waals surface area (Å²) < 4.78 is 1.81. The molecular formula is C12H16N4. The summed E-state index contributed by atoms with van der Waals surface area (Å²) in [5.41, 5.74) is 9.57. The summed E-state index contributed by atoms with van der Waals surface area (Å²) in [6.45, 7) is 2.09. The third-order valence-electron chi connectivity index (χ3n) is 2.41. The standard InChI is InChI=1S/C12H16N4/c1-3-11-12(8-16(2)15-11)14-10-6-4-5-9(13)7-10/h4-8,14H,3,13H2,1-2H3. The van der Waals surface area contributed by atoms with E-state index in [1.165, 1.54) is 0 Å². The van der Waals surface area contributed by atoms with Crippen molar-refractivity contribution < 1.29 is 0 Å². The maximum absolute atomic E-state index is 5.73. The van der Waals surface area contributed by atoms with Crippen LogP contribution >= 0.6 is 0 Å². The molecule has 2 rings (SSSR count). The molecule has 0 aliphatic rings. The molecule has 4 heteroatoms. The lowest BCUT2D eigenvalue weighted by Gasteiger charge is -2.05. The van der Waals surface area contributed by atoms with Gasteiger partial charge in [0.1, 0.15) is 0 Å². The molecule has 1 heterocycles. The highest BCUT2D eigenvalue weighted by Crippen LogP contribution is 2.21. The average Bonchev–Trinajstić information content (AvgIpc) is 2.59. The second-order valence-electron chi connectivity index (χ2n) is 3.77. The molecule has 84 valence electrons. The highest BCUT2D eigenvalue weighted by Gasteiger charge is 2.05. The molecule has 0 amide bonds. The molecule has 0 spiro atoms. The van der Waals surface area contributed by atoms with Gasteiger partial charge in [0.2, 0.25) is 0 Å². The first-order chi connectivity index (χ1) is 7.69. The largest absolute Gasteiger partial charge is 0.399 e. The summed E-state index contributed by atoms with van der Waals surface area (Å²) in [6.07, 6.45) is 2.88. The van der Waals surface area contributed by atoms with E-state index in [1.54, 1.807) is 0 Å². The topological polar surface area (TPSA) is 55.9 Å². The third-order valence-corrected chi connectivity index (χ3v) is 2.41. The van der Waals surface area contributed by atoms with Crippen LogP contribution in [0, 0.1) is 0 Å². The fourth-order valence-electron chi connectivity index (χ4n) is 1.67. The molecule has 3 N–H and O–H groups in total. The van der Waals surface area contributed by atoms with Crippen LogP contribution in [0.25, 0.3) is 0 Å². The van der Waals surface area contributed by atoms with Crippen molar-refractivity contribution in [2.45, 2.75) is 13.3 Å². The molecule has 0 aliphatic heterocycles. The first-order valence-corrected chi connectivity index (χ1v) is 5.34. The summed E-state index contributed by atoms with van der Waals surface area (Å²) in [7, 11) is 1.92. The van der Waals surface area contributed by atoms with E-state index in [4.69, 9.17) is 5.73 Å². The lowest BCUT2D eigenvalue weighted by Crippen LogP contribution is -1.94. The summed E-state index contributed by atoms with van der Waals surface area (Å²) in [6, 6.07) is 7.70. The highest BCUT2D eigenvalue weighted by atomic mass is 15.3. The summed E-state index contributed by atoms with van der Waals surface area (Å²) in [5, 5.41) is 7.69. The number of aromatic nitrogens is 2. The van der Waals surface area contributed by atoms with Crippen LogP contribution in [-0.4, -0.2) is 9.78 Å². The Morgan fingerprint density at radius 2 is 2.25 bits per heavy atom. The van der Waals surface area contributed by atoms with E-state index in [9.17, 15) is 0 Å². The lowest BCUT2D eigenvalue weighted by atomic mass is 10.2. The van der Waals surface area contributed by atoms with Crippen molar-refractivity contribution in [2.24, 2.45) is 7.05 Å². The van der Waals surface area contributed by atoms with Gasteiger partial charge in [-0.05, 0) is 24.6 Å². The van der Waals surface area contributed by atoms with Gasteiger partial charge in [0.05, 0.1) is 11.4 Å². The monoisotopic (exact) mass is 216 g/mol. The molecule has 16 heavy (non-hydrogen) atoms. The molecule has 1 aromatic heterocycles. The fraction of sp³-hybridized carbons (Fsp3) is 0.250. The summed E-state index contributed by atoms with van der Waals surface area (Å²) in [5.74, 6) is 0. The van der Waals surface area contributed by atoms with Crippen LogP contribution in [0.2, 0.25) is 0 Å². The molecule has 0 unspecified atom stereocenters. The maximum Gasteiger partial charge on any atom is 0.0856 e. The average molecular weight is 216 g/mol. The highest BCUT2D eigenvalue weighted by molar-refractivity contribution is 5.64. The van der Waals surface area contributed by atoms with Crippen LogP contribution in [0.5, 0.6) is 0 Å². The van der Waals surface area contributed by atoms with E-state index in [2.05, 4.69) is 17.3 Å². The maximum atomic E-state index is 5.73. The molecule has 1 aromatic carbocycles. The van der Waals surface area contributed by atoms with Gasteiger partial charge >= 0.3 is 0 Å². The molecular weight excluding hydrogens is 200 g/mol. The van der Waals surface area contributed by atoms with Crippen molar-refractivity contribution in [1.82, 2.24) is 9.78 Å². The Morgan fingerprint density at radius 3 is 2.94 bits per heavy atom. The van der Waals surface area contributed by atoms with Crippen LogP contribution in [0.1, 0.15) is 12.6 Å². The van der Waals surface area contributed by atoms with Gasteiger partial charge in [0.25, 0.3) is 0 Å². The lowest BCUT2D eigenvalue weighted by molar-refractivity contribution is 0.746. The number of nitrogens with zero attached hydrogens (tertiary/aromatic N) is 2. The van der Waals surface area contributed by atoms with E-state index in [-0.39, 0.29) is 0 Å². The third kappa shape index (κ3) is 2.16. The number of nitrogens with two attached hydrogens (primary N) is 1. The minimum atomic E-state index is 0.756. The minimum absolute atomic E-state index is 0.756. The number of nitrogen functional groups attached to an aromatic ring is 1. The van der Waals surface area contributed by atoms with Crippen molar-refractivity contribution in [3.63, 3.8) is 0 Å². The molecule has 0 saturated heterocycles. The van der Waals surface area contributed by atoms with Crippen LogP contribution in [-0.2, 0) is 13.5 Å². The molecule has 0 atom stereocenters. The van der Waals surface area contributed by atoms with Gasteiger partial charge in [-0.15, -0.1) is 0 Å². The van der Waals surface area contributed by atoms with E-state index in [1.807, 2.05) is 42.2 Å². The van der Waals surface area contributed by atoms with E-state index >= 15 is 0 Å². The van der Waals surface area contributed by atoms with Gasteiger partial charge in [-0.3, -0.25) is 4.68 Å². The predicted octanol–water partition coefficient (Wildman–Crippen LogP) is 2.31. The van der Waals surface area contributed by atoms with Crippen molar-refractivity contribution in [3.8, 4) is 0 Å². The van der Waals surface area contributed by atoms with Crippen LogP contribution in [0.3, 0.4) is 0 Å². The molecule has 0 fully saturated rings. The molecule has 4 nitrogen and oxygen atoms in total. The number of nitrogens with one attached hydrogen (secondary N) is 1. The minimum Gasteiger partial charge on any atom is -0.399 e. The van der Waals surface area contributed by atoms with Crippen molar-refractivity contribution in [1.29, 1.82) is 0 Å². The van der Waals surface area contributed by atoms with E-state index < -0.39 is 0 Å². The Hall–Kier alpha value is -1.97. The number of benzene rings is 1. The van der Waals surface area contributed by atoms with Crippen molar-refractivity contribution >= 4 is 17.1 Å². The van der Waals surface area contributed by atoms with Crippen molar-refractivity contribution in [2.75, 3.05) is 11.1 Å². The predicted molar refractivity (Wildman–Crippen MR) is 66.7 cm³/mol. The summed E-state index contributed by atoms with van der Waals surface area (Å²) in [4.78, 5) is 0. The Labute approximate surface area is 95.1 Å². The van der Waals surface area contributed by atoms with Gasteiger partial charge in [-0.25, -0.2) is 0 Å². The first-order valence-electron chi connectivity index (χ1n) is 5.34. The fourth-order valence-corrected chi connectivity index (χ4v) is 1.67. The second kappa shape index (κ2) is 4.26. The Bertz CT molecular complexity index is 488. The normalized spacial score (nSPS) is 10.4. The molecule has 2 aromatic rings. The van der Waals surface area contributed by atoms with Gasteiger partial charge in [-0.1, -0.05) is 13.0 Å². The Morgan fingerprint density at radius 1 is 1.44 bits per heavy atom. The van der Waals surface area contributed by atoms with E-state index in [0.29, 0.717) is 0 Å². The first kappa shape index (κ1) is 10.5. The molecule has 0 saturated carbocycles. The molecule has 0 bridgehead atoms. The second-order valence-corrected chi connectivity index (χ2v) is 3.77. The van der Waals surface area contributed by atoms with Crippen LogP contribution in [0.4, 0.5) is 17.1 Å². The SMILES string of the molecule is CCc1nn(C)cc1Nc1cccc(N)c1. The number of anilines is 3. The zero-order chi connectivity index (χ0) is 11.5. The number of hydrogen-bond donors (Lipinski definition) is 2. The van der Waals surface area contributed by atoms with Crippen molar-refractivity contribution in [3.05, 3.63) is 36.2 Å². The zero-order valence-corrected chi connectivity index (χ0v) is 9.57. The molecule has 0 radical (unpaired) electrons. The van der Waals surface area contributed by atoms with Gasteiger partial charge < -0.3 is 11.1 Å². The van der Waals surface area contributed by atoms with Gasteiger partial charge in [0, 0.05) is 24.6 Å². The number of hydrogen-bond acceptors (Lipinski definition) is 3. The van der Waals surface area contributed by atoms with Gasteiger partial charge in [0.15, 0.2) is 0 Å². The number of rotatable bonds is 3. The van der Waals surface area contributed by atoms with Gasteiger partial charge in [-0.2, -0.15) is 5.10 Å². The quantitative estimate of drug-likeness (QED) is 0.774. The summed E-state index contributed by atoms with van der Waals surface area (Å²) >= 11 is 0. The Balaban J connectivity index is 2.26. The molecule has 0 aliphatic carbocycles.